The first kappa shape index (κ1) is 62.4. The van der Waals surface area contributed by atoms with Crippen molar-refractivity contribution in [2.24, 2.45) is 0 Å². The number of hydrogen-bond acceptors (Lipinski definition) is 8. The van der Waals surface area contributed by atoms with Crippen molar-refractivity contribution in [2.45, 2.75) is 307 Å². The van der Waals surface area contributed by atoms with Crippen molar-refractivity contribution in [3.05, 3.63) is 36.5 Å². The van der Waals surface area contributed by atoms with Crippen LogP contribution in [0.25, 0.3) is 0 Å². The molecule has 1 aliphatic rings. The van der Waals surface area contributed by atoms with Gasteiger partial charge in [-0.3, -0.25) is 4.79 Å². The lowest BCUT2D eigenvalue weighted by Crippen LogP contribution is -2.60. The smallest absolute Gasteiger partial charge is 0.220 e. The SMILES string of the molecule is CCCCCCC/C=C\CCCCCCCC(=O)NC(COC1OC(CO)C(O)C(O)C1O)C(O)/C=C/CC/C=C/CCCCCCCCCCCCCCCCCCCCCCCCC. The summed E-state index contributed by atoms with van der Waals surface area (Å²) in [4.78, 5) is 13.0. The molecule has 1 saturated heterocycles. The summed E-state index contributed by atoms with van der Waals surface area (Å²) in [6, 6.07) is -0.825. The van der Waals surface area contributed by atoms with Gasteiger partial charge in [-0.25, -0.2) is 0 Å². The number of hydrogen-bond donors (Lipinski definition) is 6. The Balaban J connectivity index is 2.21. The zero-order valence-electron chi connectivity index (χ0n) is 43.0. The van der Waals surface area contributed by atoms with Gasteiger partial charge in [-0.15, -0.1) is 0 Å². The number of carbonyl (C=O) groups excluding carboxylic acids is 1. The average molecular weight is 934 g/mol. The minimum Gasteiger partial charge on any atom is -0.394 e. The molecule has 6 N–H and O–H groups in total. The Morgan fingerprint density at radius 3 is 1.27 bits per heavy atom. The van der Waals surface area contributed by atoms with E-state index < -0.39 is 49.5 Å². The normalized spacial score (nSPS) is 20.0. The molecule has 1 rings (SSSR count). The van der Waals surface area contributed by atoms with E-state index in [9.17, 15) is 30.3 Å². The first-order chi connectivity index (χ1) is 32.3. The summed E-state index contributed by atoms with van der Waals surface area (Å²) in [6.45, 7) is 3.76. The monoisotopic (exact) mass is 934 g/mol. The van der Waals surface area contributed by atoms with Crippen LogP contribution in [0.2, 0.25) is 0 Å². The van der Waals surface area contributed by atoms with Crippen molar-refractivity contribution in [3.8, 4) is 0 Å². The number of rotatable bonds is 48. The lowest BCUT2D eigenvalue weighted by Gasteiger charge is -2.40. The maximum Gasteiger partial charge on any atom is 0.220 e. The van der Waals surface area contributed by atoms with Crippen molar-refractivity contribution < 1.29 is 39.8 Å². The number of unbranched alkanes of at least 4 members (excludes halogenated alkanes) is 34. The van der Waals surface area contributed by atoms with Gasteiger partial charge >= 0.3 is 0 Å². The highest BCUT2D eigenvalue weighted by atomic mass is 16.7. The molecular weight excluding hydrogens is 827 g/mol. The molecular formula is C57H107NO8. The summed E-state index contributed by atoms with van der Waals surface area (Å²) in [5.74, 6) is -0.194. The van der Waals surface area contributed by atoms with E-state index in [1.54, 1.807) is 6.08 Å². The van der Waals surface area contributed by atoms with E-state index in [4.69, 9.17) is 9.47 Å². The standard InChI is InChI=1S/C57H107NO8/c1-3-5-7-9-11-13-15-17-19-20-21-22-23-24-25-26-27-28-29-30-31-32-33-34-36-38-40-42-44-46-51(60)50(49-65-57-56(64)55(63)54(62)52(48-59)66-57)58-53(61)47-45-43-41-39-37-35-18-16-14-12-10-8-6-4-2/h16,18,36,38,44,46,50-52,54-57,59-60,62-64H,3-15,17,19-35,37,39-43,45,47-49H2,1-2H3,(H,58,61)/b18-16-,38-36+,46-44+. The molecule has 9 heteroatoms. The van der Waals surface area contributed by atoms with Gasteiger partial charge in [-0.1, -0.05) is 237 Å². The second kappa shape index (κ2) is 47.1. The van der Waals surface area contributed by atoms with Gasteiger partial charge in [-0.05, 0) is 57.8 Å². The minimum atomic E-state index is -1.57. The number of amides is 1. The molecule has 9 nitrogen and oxygen atoms in total. The number of aliphatic hydroxyl groups is 5. The van der Waals surface area contributed by atoms with Gasteiger partial charge in [0.05, 0.1) is 25.4 Å². The molecule has 0 aromatic heterocycles. The van der Waals surface area contributed by atoms with E-state index in [2.05, 4.69) is 43.5 Å². The number of aliphatic hydroxyl groups excluding tert-OH is 5. The molecule has 7 unspecified atom stereocenters. The van der Waals surface area contributed by atoms with Crippen LogP contribution in [0.1, 0.15) is 264 Å². The van der Waals surface area contributed by atoms with E-state index >= 15 is 0 Å². The van der Waals surface area contributed by atoms with E-state index in [1.807, 2.05) is 6.08 Å². The van der Waals surface area contributed by atoms with Crippen LogP contribution in [-0.4, -0.2) is 87.5 Å². The topological polar surface area (TPSA) is 149 Å². The van der Waals surface area contributed by atoms with Crippen LogP contribution in [0.4, 0.5) is 0 Å². The number of nitrogens with one attached hydrogen (secondary N) is 1. The molecule has 0 saturated carbocycles. The zero-order valence-corrected chi connectivity index (χ0v) is 43.0. The molecule has 7 atom stereocenters. The van der Waals surface area contributed by atoms with Crippen LogP contribution in [0.15, 0.2) is 36.5 Å². The van der Waals surface area contributed by atoms with Crippen LogP contribution in [-0.2, 0) is 14.3 Å². The molecule has 0 radical (unpaired) electrons. The third-order valence-corrected chi connectivity index (χ3v) is 13.4. The average Bonchev–Trinajstić information content (AvgIpc) is 3.32. The van der Waals surface area contributed by atoms with Gasteiger partial charge in [0.2, 0.25) is 5.91 Å². The van der Waals surface area contributed by atoms with Gasteiger partial charge in [0.25, 0.3) is 0 Å². The Labute approximate surface area is 406 Å². The summed E-state index contributed by atoms with van der Waals surface area (Å²) in [6.07, 6.45) is 53.7. The summed E-state index contributed by atoms with van der Waals surface area (Å²) in [7, 11) is 0. The highest BCUT2D eigenvalue weighted by molar-refractivity contribution is 5.76. The van der Waals surface area contributed by atoms with E-state index in [1.165, 1.54) is 186 Å². The van der Waals surface area contributed by atoms with Gasteiger partial charge < -0.3 is 40.3 Å². The van der Waals surface area contributed by atoms with E-state index in [-0.39, 0.29) is 12.5 Å². The molecule has 0 spiro atoms. The highest BCUT2D eigenvalue weighted by Gasteiger charge is 2.44. The fourth-order valence-electron chi connectivity index (χ4n) is 8.93. The second-order valence-corrected chi connectivity index (χ2v) is 19.7. The van der Waals surface area contributed by atoms with Gasteiger partial charge in [0.1, 0.15) is 24.4 Å². The van der Waals surface area contributed by atoms with Crippen LogP contribution in [0.3, 0.4) is 0 Å². The summed E-state index contributed by atoms with van der Waals surface area (Å²) in [5, 5.41) is 54.4. The second-order valence-electron chi connectivity index (χ2n) is 19.7. The molecule has 1 aliphatic heterocycles. The van der Waals surface area contributed by atoms with Crippen molar-refractivity contribution in [2.75, 3.05) is 13.2 Å². The Bertz CT molecular complexity index is 1130. The molecule has 0 aliphatic carbocycles. The first-order valence-corrected chi connectivity index (χ1v) is 28.2. The molecule has 1 fully saturated rings. The van der Waals surface area contributed by atoms with Crippen molar-refractivity contribution in [1.29, 1.82) is 0 Å². The van der Waals surface area contributed by atoms with Crippen LogP contribution < -0.4 is 5.32 Å². The third kappa shape index (κ3) is 36.4. The minimum absolute atomic E-state index is 0.194. The molecule has 388 valence electrons. The summed E-state index contributed by atoms with van der Waals surface area (Å²) in [5.41, 5.74) is 0. The Hall–Kier alpha value is -1.59. The molecule has 1 heterocycles. The highest BCUT2D eigenvalue weighted by Crippen LogP contribution is 2.23. The predicted octanol–water partition coefficient (Wildman–Crippen LogP) is 13.6. The van der Waals surface area contributed by atoms with Crippen LogP contribution in [0.5, 0.6) is 0 Å². The van der Waals surface area contributed by atoms with Crippen molar-refractivity contribution >= 4 is 5.91 Å². The van der Waals surface area contributed by atoms with Crippen LogP contribution >= 0.6 is 0 Å². The predicted molar refractivity (Wildman–Crippen MR) is 276 cm³/mol. The van der Waals surface area contributed by atoms with Crippen molar-refractivity contribution in [3.63, 3.8) is 0 Å². The fourth-order valence-corrected chi connectivity index (χ4v) is 8.93. The Morgan fingerprint density at radius 2 is 0.864 bits per heavy atom. The Kier molecular flexibility index (Phi) is 44.6. The van der Waals surface area contributed by atoms with Gasteiger partial charge in [0, 0.05) is 6.42 Å². The summed E-state index contributed by atoms with van der Waals surface area (Å²) >= 11 is 0. The van der Waals surface area contributed by atoms with Gasteiger partial charge in [-0.2, -0.15) is 0 Å². The number of allylic oxidation sites excluding steroid dienone is 5. The van der Waals surface area contributed by atoms with E-state index in [0.29, 0.717) is 6.42 Å². The summed E-state index contributed by atoms with van der Waals surface area (Å²) < 4.78 is 11.2. The number of ether oxygens (including phenoxy) is 2. The first-order valence-electron chi connectivity index (χ1n) is 28.2. The zero-order chi connectivity index (χ0) is 48.0. The maximum atomic E-state index is 13.0. The molecule has 1 amide bonds. The quantitative estimate of drug-likeness (QED) is 0.0261. The molecule has 66 heavy (non-hydrogen) atoms. The molecule has 0 bridgehead atoms. The maximum absolute atomic E-state index is 13.0. The molecule has 0 aromatic rings. The van der Waals surface area contributed by atoms with Gasteiger partial charge in [0.15, 0.2) is 6.29 Å². The largest absolute Gasteiger partial charge is 0.394 e. The fraction of sp³-hybridized carbons (Fsp3) is 0.877. The third-order valence-electron chi connectivity index (χ3n) is 13.4. The Morgan fingerprint density at radius 1 is 0.500 bits per heavy atom. The van der Waals surface area contributed by atoms with Crippen LogP contribution in [0, 0.1) is 0 Å². The number of carbonyl (C=O) groups is 1. The van der Waals surface area contributed by atoms with E-state index in [0.717, 1.165) is 57.8 Å². The lowest BCUT2D eigenvalue weighted by molar-refractivity contribution is -0.302. The lowest BCUT2D eigenvalue weighted by atomic mass is 9.99. The van der Waals surface area contributed by atoms with Crippen molar-refractivity contribution in [1.82, 2.24) is 5.32 Å². The molecule has 0 aromatic carbocycles.